The van der Waals surface area contributed by atoms with Crippen molar-refractivity contribution in [2.45, 2.75) is 31.2 Å². The van der Waals surface area contributed by atoms with Crippen LogP contribution in [0.4, 0.5) is 0 Å². The lowest BCUT2D eigenvalue weighted by atomic mass is 9.77. The first kappa shape index (κ1) is 19.6. The van der Waals surface area contributed by atoms with Gasteiger partial charge in [-0.25, -0.2) is 9.80 Å². The molecule has 0 aliphatic carbocycles. The monoisotopic (exact) mass is 402 g/mol. The van der Waals surface area contributed by atoms with Crippen molar-refractivity contribution in [2.24, 2.45) is 0 Å². The van der Waals surface area contributed by atoms with Crippen molar-refractivity contribution in [1.29, 1.82) is 0 Å². The smallest absolute Gasteiger partial charge is 0.332 e. The maximum atomic E-state index is 13.0. The topological polar surface area (TPSA) is 86.7 Å². The normalized spacial score (nSPS) is 21.0. The molecule has 30 heavy (non-hydrogen) atoms. The fourth-order valence-electron chi connectivity index (χ4n) is 4.45. The first-order chi connectivity index (χ1) is 14.5. The largest absolute Gasteiger partial charge is 0.479 e. The summed E-state index contributed by atoms with van der Waals surface area (Å²) in [6, 6.07) is 21.8. The van der Waals surface area contributed by atoms with Crippen molar-refractivity contribution >= 4 is 28.6 Å². The Morgan fingerprint density at radius 1 is 1.03 bits per heavy atom. The van der Waals surface area contributed by atoms with Crippen LogP contribution in [0.5, 0.6) is 0 Å². The second-order valence-electron chi connectivity index (χ2n) is 7.44. The number of carboxylic acids is 1. The zero-order valence-corrected chi connectivity index (χ0v) is 16.5. The standard InChI is InChI=1S/C24H22N2O4/c1-2-24(23(29)30)20(19-14-8-12-16-9-6-7-13-18(16)19)15-21(27)26(24)25-22(28)17-10-4-3-5-11-17/h3-14,20H,2,15H2,1H3,(H,25,28)(H,29,30)/t20-,24+/m0/s1. The number of hydrazine groups is 1. The second kappa shape index (κ2) is 7.63. The number of carbonyl (C=O) groups excluding carboxylic acids is 2. The van der Waals surface area contributed by atoms with Crippen molar-refractivity contribution in [3.63, 3.8) is 0 Å². The second-order valence-corrected chi connectivity index (χ2v) is 7.44. The molecular formula is C24H22N2O4. The van der Waals surface area contributed by atoms with E-state index >= 15 is 0 Å². The van der Waals surface area contributed by atoms with Crippen molar-refractivity contribution in [1.82, 2.24) is 10.4 Å². The lowest BCUT2D eigenvalue weighted by Gasteiger charge is -2.38. The third-order valence-corrected chi connectivity index (χ3v) is 5.96. The summed E-state index contributed by atoms with van der Waals surface area (Å²) in [6.45, 7) is 1.73. The molecule has 0 aromatic heterocycles. The van der Waals surface area contributed by atoms with Gasteiger partial charge in [-0.15, -0.1) is 0 Å². The number of nitrogens with zero attached hydrogens (tertiary/aromatic N) is 1. The number of benzene rings is 3. The minimum Gasteiger partial charge on any atom is -0.479 e. The molecule has 3 aromatic carbocycles. The lowest BCUT2D eigenvalue weighted by molar-refractivity contribution is -0.157. The maximum Gasteiger partial charge on any atom is 0.332 e. The van der Waals surface area contributed by atoms with Crippen LogP contribution < -0.4 is 5.43 Å². The third kappa shape index (κ3) is 3.01. The molecule has 1 heterocycles. The van der Waals surface area contributed by atoms with Gasteiger partial charge in [0.15, 0.2) is 5.54 Å². The highest BCUT2D eigenvalue weighted by molar-refractivity contribution is 6.00. The van der Waals surface area contributed by atoms with E-state index in [4.69, 9.17) is 0 Å². The van der Waals surface area contributed by atoms with Gasteiger partial charge in [0.1, 0.15) is 0 Å². The van der Waals surface area contributed by atoms with Crippen LogP contribution in [0, 0.1) is 0 Å². The average Bonchev–Trinajstić information content (AvgIpc) is 3.06. The highest BCUT2D eigenvalue weighted by Crippen LogP contribution is 2.46. The van der Waals surface area contributed by atoms with E-state index in [2.05, 4.69) is 5.43 Å². The van der Waals surface area contributed by atoms with Gasteiger partial charge in [0.2, 0.25) is 5.91 Å². The molecule has 3 aromatic rings. The molecule has 0 spiro atoms. The van der Waals surface area contributed by atoms with E-state index < -0.39 is 29.2 Å². The van der Waals surface area contributed by atoms with Crippen LogP contribution in [0.25, 0.3) is 10.8 Å². The van der Waals surface area contributed by atoms with Crippen molar-refractivity contribution in [3.8, 4) is 0 Å². The molecule has 0 bridgehead atoms. The van der Waals surface area contributed by atoms with Gasteiger partial charge in [0.25, 0.3) is 5.91 Å². The minimum absolute atomic E-state index is 0.00319. The molecule has 1 aliphatic rings. The molecule has 6 heteroatoms. The Morgan fingerprint density at radius 3 is 2.40 bits per heavy atom. The van der Waals surface area contributed by atoms with E-state index in [0.717, 1.165) is 21.3 Å². The third-order valence-electron chi connectivity index (χ3n) is 5.96. The Bertz CT molecular complexity index is 1120. The summed E-state index contributed by atoms with van der Waals surface area (Å²) < 4.78 is 0. The first-order valence-electron chi connectivity index (χ1n) is 9.89. The number of carbonyl (C=O) groups is 3. The van der Waals surface area contributed by atoms with Gasteiger partial charge < -0.3 is 5.11 Å². The van der Waals surface area contributed by atoms with E-state index in [1.807, 2.05) is 42.5 Å². The molecule has 4 rings (SSSR count). The Morgan fingerprint density at radius 2 is 1.70 bits per heavy atom. The number of hydrogen-bond donors (Lipinski definition) is 2. The Hall–Kier alpha value is -3.67. The Labute approximate surface area is 174 Å². The summed E-state index contributed by atoms with van der Waals surface area (Å²) in [5, 5.41) is 13.2. The number of nitrogens with one attached hydrogen (secondary N) is 1. The molecule has 2 atom stereocenters. The molecule has 2 amide bonds. The van der Waals surface area contributed by atoms with E-state index in [0.29, 0.717) is 5.56 Å². The number of carboxylic acid groups (broad SMARTS) is 1. The molecule has 1 fully saturated rings. The van der Waals surface area contributed by atoms with Crippen LogP contribution in [0.2, 0.25) is 0 Å². The lowest BCUT2D eigenvalue weighted by Crippen LogP contribution is -2.61. The van der Waals surface area contributed by atoms with E-state index in [1.165, 1.54) is 0 Å². The zero-order valence-electron chi connectivity index (χ0n) is 16.5. The highest BCUT2D eigenvalue weighted by Gasteiger charge is 2.59. The van der Waals surface area contributed by atoms with E-state index in [-0.39, 0.29) is 12.8 Å². The molecule has 0 radical (unpaired) electrons. The molecular weight excluding hydrogens is 380 g/mol. The van der Waals surface area contributed by atoms with Gasteiger partial charge in [-0.2, -0.15) is 0 Å². The summed E-state index contributed by atoms with van der Waals surface area (Å²) in [7, 11) is 0. The van der Waals surface area contributed by atoms with Crippen LogP contribution >= 0.6 is 0 Å². The van der Waals surface area contributed by atoms with Crippen molar-refractivity contribution in [3.05, 3.63) is 83.9 Å². The van der Waals surface area contributed by atoms with Crippen LogP contribution in [0.15, 0.2) is 72.8 Å². The zero-order chi connectivity index (χ0) is 21.3. The number of hydrogen-bond acceptors (Lipinski definition) is 3. The molecule has 1 saturated heterocycles. The number of aliphatic carboxylic acids is 1. The Kier molecular flexibility index (Phi) is 4.99. The SMILES string of the molecule is CC[C@]1(C(=O)O)[C@H](c2cccc3ccccc23)CC(=O)N1NC(=O)c1ccccc1. The predicted octanol–water partition coefficient (Wildman–Crippen LogP) is 3.73. The maximum absolute atomic E-state index is 13.0. The molecule has 0 unspecified atom stereocenters. The minimum atomic E-state index is -1.58. The quantitative estimate of drug-likeness (QED) is 0.681. The van der Waals surface area contributed by atoms with Crippen LogP contribution in [-0.2, 0) is 9.59 Å². The summed E-state index contributed by atoms with van der Waals surface area (Å²) in [5.41, 5.74) is 2.15. The van der Waals surface area contributed by atoms with Gasteiger partial charge in [-0.05, 0) is 34.9 Å². The van der Waals surface area contributed by atoms with Gasteiger partial charge in [0, 0.05) is 17.9 Å². The molecule has 152 valence electrons. The average molecular weight is 402 g/mol. The van der Waals surface area contributed by atoms with Gasteiger partial charge in [-0.3, -0.25) is 15.0 Å². The van der Waals surface area contributed by atoms with E-state index in [9.17, 15) is 19.5 Å². The predicted molar refractivity (Wildman–Crippen MR) is 113 cm³/mol. The summed E-state index contributed by atoms with van der Waals surface area (Å²) in [4.78, 5) is 38.3. The fourth-order valence-corrected chi connectivity index (χ4v) is 4.45. The molecule has 6 nitrogen and oxygen atoms in total. The number of rotatable bonds is 5. The molecule has 2 N–H and O–H groups in total. The van der Waals surface area contributed by atoms with Gasteiger partial charge in [0.05, 0.1) is 0 Å². The molecule has 1 aliphatic heterocycles. The molecule has 0 saturated carbocycles. The van der Waals surface area contributed by atoms with Gasteiger partial charge >= 0.3 is 5.97 Å². The van der Waals surface area contributed by atoms with Gasteiger partial charge in [-0.1, -0.05) is 67.6 Å². The number of fused-ring (bicyclic) bond motifs is 1. The fraction of sp³-hybridized carbons (Fsp3) is 0.208. The summed E-state index contributed by atoms with van der Waals surface area (Å²) in [5.74, 6) is -2.67. The first-order valence-corrected chi connectivity index (χ1v) is 9.89. The van der Waals surface area contributed by atoms with Crippen LogP contribution in [0.3, 0.4) is 0 Å². The van der Waals surface area contributed by atoms with Crippen molar-refractivity contribution in [2.75, 3.05) is 0 Å². The van der Waals surface area contributed by atoms with Crippen LogP contribution in [-0.4, -0.2) is 33.4 Å². The van der Waals surface area contributed by atoms with Crippen LogP contribution in [0.1, 0.15) is 41.6 Å². The highest BCUT2D eigenvalue weighted by atomic mass is 16.4. The Balaban J connectivity index is 1.80. The number of amides is 2. The summed E-state index contributed by atoms with van der Waals surface area (Å²) in [6.07, 6.45) is 0.153. The van der Waals surface area contributed by atoms with Crippen molar-refractivity contribution < 1.29 is 19.5 Å². The summed E-state index contributed by atoms with van der Waals surface area (Å²) >= 11 is 0. The van der Waals surface area contributed by atoms with E-state index in [1.54, 1.807) is 37.3 Å².